The average Bonchev–Trinajstić information content (AvgIpc) is 3.17. The molecule has 0 saturated carbocycles. The number of phenolic OH excluding ortho intramolecular Hbond substituents is 1. The summed E-state index contributed by atoms with van der Waals surface area (Å²) < 4.78 is 5.76. The Balaban J connectivity index is 1.52. The fourth-order valence-electron chi connectivity index (χ4n) is 6.51. The fraction of sp³-hybridized carbons (Fsp3) is 0.267. The Morgan fingerprint density at radius 1 is 1.03 bits per heavy atom. The number of para-hydroxylation sites is 1. The van der Waals surface area contributed by atoms with E-state index < -0.39 is 23.7 Å². The number of hydrogen-bond acceptors (Lipinski definition) is 6. The van der Waals surface area contributed by atoms with Gasteiger partial charge in [-0.1, -0.05) is 29.8 Å². The maximum atomic E-state index is 13.9. The number of amides is 2. The summed E-state index contributed by atoms with van der Waals surface area (Å²) >= 11 is 3.38. The van der Waals surface area contributed by atoms with Crippen LogP contribution in [0.3, 0.4) is 0 Å². The van der Waals surface area contributed by atoms with Crippen LogP contribution in [0.5, 0.6) is 11.5 Å². The lowest BCUT2D eigenvalue weighted by Gasteiger charge is -2.42. The van der Waals surface area contributed by atoms with Gasteiger partial charge in [0.2, 0.25) is 11.8 Å². The highest BCUT2D eigenvalue weighted by Crippen LogP contribution is 2.56. The summed E-state index contributed by atoms with van der Waals surface area (Å²) in [4.78, 5) is 55.4. The third kappa shape index (κ3) is 3.46. The molecule has 38 heavy (non-hydrogen) atoms. The van der Waals surface area contributed by atoms with Crippen molar-refractivity contribution in [2.75, 3.05) is 12.0 Å². The minimum atomic E-state index is -0.643. The van der Waals surface area contributed by atoms with Crippen LogP contribution >= 0.6 is 15.9 Å². The van der Waals surface area contributed by atoms with Gasteiger partial charge in [-0.2, -0.15) is 0 Å². The highest BCUT2D eigenvalue weighted by Gasteiger charge is 2.56. The van der Waals surface area contributed by atoms with Crippen LogP contribution in [0.4, 0.5) is 5.69 Å². The number of nitrogens with zero attached hydrogens (tertiary/aromatic N) is 1. The van der Waals surface area contributed by atoms with Crippen molar-refractivity contribution in [2.45, 2.75) is 25.7 Å². The number of Topliss-reactive ketones (excluding diaryl/α,β-unsaturated/α-hetero) is 1. The molecule has 0 spiro atoms. The number of fused-ring (bicyclic) bond motifs is 3. The number of ketones is 2. The van der Waals surface area contributed by atoms with Gasteiger partial charge in [0, 0.05) is 22.6 Å². The van der Waals surface area contributed by atoms with Crippen molar-refractivity contribution < 1.29 is 29.0 Å². The number of halogens is 1. The van der Waals surface area contributed by atoms with Gasteiger partial charge in [0.05, 0.1) is 29.1 Å². The van der Waals surface area contributed by atoms with Crippen molar-refractivity contribution in [3.63, 3.8) is 0 Å². The number of phenols is 1. The summed E-state index contributed by atoms with van der Waals surface area (Å²) in [6.45, 7) is 1.62. The van der Waals surface area contributed by atoms with Gasteiger partial charge in [0.1, 0.15) is 0 Å². The molecular formula is C30H24BrNO6. The maximum absolute atomic E-state index is 13.9. The van der Waals surface area contributed by atoms with Crippen LogP contribution in [0.15, 0.2) is 81.4 Å². The molecule has 1 fully saturated rings. The Hall–Kier alpha value is -3.78. The molecule has 3 aliphatic carbocycles. The quantitative estimate of drug-likeness (QED) is 0.321. The first-order valence-corrected chi connectivity index (χ1v) is 13.2. The minimum absolute atomic E-state index is 0.0765. The second kappa shape index (κ2) is 8.91. The zero-order chi connectivity index (χ0) is 26.9. The minimum Gasteiger partial charge on any atom is -0.503 e. The Kier molecular flexibility index (Phi) is 5.76. The molecule has 192 valence electrons. The first-order valence-electron chi connectivity index (χ1n) is 12.4. The van der Waals surface area contributed by atoms with Crippen LogP contribution in [0.2, 0.25) is 0 Å². The van der Waals surface area contributed by atoms with Crippen molar-refractivity contribution in [3.8, 4) is 11.5 Å². The highest BCUT2D eigenvalue weighted by molar-refractivity contribution is 9.10. The normalized spacial score (nSPS) is 26.6. The molecule has 2 aromatic carbocycles. The molecular weight excluding hydrogens is 550 g/mol. The number of hydrogen-bond donors (Lipinski definition) is 1. The Morgan fingerprint density at radius 3 is 2.47 bits per heavy atom. The van der Waals surface area contributed by atoms with Crippen molar-refractivity contribution in [2.24, 2.45) is 17.8 Å². The predicted octanol–water partition coefficient (Wildman–Crippen LogP) is 4.80. The topological polar surface area (TPSA) is 101 Å². The molecule has 1 heterocycles. The number of rotatable bonds is 3. The zero-order valence-corrected chi connectivity index (χ0v) is 22.3. The van der Waals surface area contributed by atoms with E-state index in [9.17, 15) is 24.3 Å². The van der Waals surface area contributed by atoms with Gasteiger partial charge in [-0.05, 0) is 77.5 Å². The Labute approximate surface area is 227 Å². The van der Waals surface area contributed by atoms with Crippen molar-refractivity contribution in [1.29, 1.82) is 0 Å². The lowest BCUT2D eigenvalue weighted by atomic mass is 9.59. The summed E-state index contributed by atoms with van der Waals surface area (Å²) in [6, 6.07) is 12.2. The van der Waals surface area contributed by atoms with E-state index in [0.717, 1.165) is 5.57 Å². The average molecular weight is 574 g/mol. The summed E-state index contributed by atoms with van der Waals surface area (Å²) in [6.07, 6.45) is 3.91. The second-order valence-electron chi connectivity index (χ2n) is 10.1. The van der Waals surface area contributed by atoms with Crippen LogP contribution < -0.4 is 9.64 Å². The number of carbonyl (C=O) groups is 4. The number of allylic oxidation sites excluding steroid dienone is 6. The summed E-state index contributed by atoms with van der Waals surface area (Å²) in [5.74, 6) is -3.07. The van der Waals surface area contributed by atoms with Crippen LogP contribution in [0, 0.1) is 17.8 Å². The molecule has 7 nitrogen and oxygen atoms in total. The monoisotopic (exact) mass is 573 g/mol. The fourth-order valence-corrected chi connectivity index (χ4v) is 6.97. The van der Waals surface area contributed by atoms with E-state index in [1.807, 2.05) is 12.1 Å². The van der Waals surface area contributed by atoms with Gasteiger partial charge < -0.3 is 9.84 Å². The number of ether oxygens (including phenoxy) is 1. The van der Waals surface area contributed by atoms with E-state index in [4.69, 9.17) is 4.74 Å². The molecule has 1 saturated heterocycles. The van der Waals surface area contributed by atoms with Gasteiger partial charge in [0.25, 0.3) is 0 Å². The van der Waals surface area contributed by atoms with E-state index in [1.165, 1.54) is 18.1 Å². The van der Waals surface area contributed by atoms with Gasteiger partial charge in [-0.25, -0.2) is 0 Å². The number of anilines is 1. The van der Waals surface area contributed by atoms with Gasteiger partial charge >= 0.3 is 0 Å². The van der Waals surface area contributed by atoms with Gasteiger partial charge in [-0.3, -0.25) is 24.1 Å². The van der Waals surface area contributed by atoms with Crippen LogP contribution in [-0.4, -0.2) is 35.6 Å². The maximum Gasteiger partial charge on any atom is 0.238 e. The molecule has 1 aliphatic heterocycles. The third-order valence-electron chi connectivity index (χ3n) is 8.18. The van der Waals surface area contributed by atoms with Crippen LogP contribution in [-0.2, 0) is 19.2 Å². The van der Waals surface area contributed by atoms with Gasteiger partial charge in [-0.15, -0.1) is 0 Å². The largest absolute Gasteiger partial charge is 0.503 e. The highest BCUT2D eigenvalue weighted by atomic mass is 79.9. The SMILES string of the molecule is COc1cc(C2C3=CCC4C(=O)N(c5ccccc5)C(=O)C4C3CC3=C2C(=O)C=C(C)C3=O)cc(Br)c1O. The standard InChI is InChI=1S/C30H24BrNO6/c1-14-10-22(33)26-20(27(14)34)13-19-17(24(26)15-11-21(31)28(35)23(12-15)38-2)8-9-18-25(19)30(37)32(29(18)36)16-6-4-3-5-7-16/h3-8,10-12,18-19,24-25,35H,9,13H2,1-2H3. The van der Waals surface area contributed by atoms with Crippen molar-refractivity contribution in [3.05, 3.63) is 86.9 Å². The van der Waals surface area contributed by atoms with Crippen molar-refractivity contribution in [1.82, 2.24) is 0 Å². The zero-order valence-electron chi connectivity index (χ0n) is 20.7. The van der Waals surface area contributed by atoms with E-state index in [1.54, 1.807) is 43.3 Å². The number of aromatic hydroxyl groups is 1. The Morgan fingerprint density at radius 2 is 1.76 bits per heavy atom. The molecule has 0 aromatic heterocycles. The van der Waals surface area contributed by atoms with Gasteiger partial charge in [0.15, 0.2) is 23.1 Å². The number of benzene rings is 2. The van der Waals surface area contributed by atoms with E-state index in [2.05, 4.69) is 15.9 Å². The molecule has 2 amide bonds. The molecule has 8 heteroatoms. The van der Waals surface area contributed by atoms with E-state index >= 15 is 0 Å². The Bertz CT molecular complexity index is 1540. The lowest BCUT2D eigenvalue weighted by Crippen LogP contribution is -2.39. The molecule has 4 aliphatic rings. The summed E-state index contributed by atoms with van der Waals surface area (Å²) in [7, 11) is 1.44. The first kappa shape index (κ1) is 24.6. The molecule has 6 rings (SSSR count). The second-order valence-corrected chi connectivity index (χ2v) is 11.0. The van der Waals surface area contributed by atoms with E-state index in [0.29, 0.717) is 38.9 Å². The van der Waals surface area contributed by atoms with Crippen LogP contribution in [0.1, 0.15) is 31.2 Å². The molecule has 2 aromatic rings. The lowest BCUT2D eigenvalue weighted by molar-refractivity contribution is -0.123. The van der Waals surface area contributed by atoms with Crippen LogP contribution in [0.25, 0.3) is 0 Å². The molecule has 0 bridgehead atoms. The molecule has 4 atom stereocenters. The smallest absolute Gasteiger partial charge is 0.238 e. The third-order valence-corrected chi connectivity index (χ3v) is 8.79. The summed E-state index contributed by atoms with van der Waals surface area (Å²) in [5, 5.41) is 10.4. The first-order chi connectivity index (χ1) is 18.2. The number of methoxy groups -OCH3 is 1. The number of carbonyl (C=O) groups excluding carboxylic acids is 4. The summed E-state index contributed by atoms with van der Waals surface area (Å²) in [5.41, 5.74) is 3.16. The number of imide groups is 1. The molecule has 4 unspecified atom stereocenters. The van der Waals surface area contributed by atoms with Crippen molar-refractivity contribution >= 4 is 45.0 Å². The molecule has 1 N–H and O–H groups in total. The predicted molar refractivity (Wildman–Crippen MR) is 143 cm³/mol. The molecule has 0 radical (unpaired) electrons. The van der Waals surface area contributed by atoms with E-state index in [-0.39, 0.29) is 41.3 Å².